The zero-order chi connectivity index (χ0) is 15.2. The minimum atomic E-state index is -0.236. The lowest BCUT2D eigenvalue weighted by molar-refractivity contribution is -0.130. The zero-order valence-corrected chi connectivity index (χ0v) is 11.9. The molecule has 2 heterocycles. The van der Waals surface area contributed by atoms with E-state index in [1.54, 1.807) is 24.3 Å². The van der Waals surface area contributed by atoms with Crippen LogP contribution >= 0.6 is 0 Å². The molecular weight excluding hydrogens is 268 g/mol. The van der Waals surface area contributed by atoms with Crippen molar-refractivity contribution in [2.75, 3.05) is 19.3 Å². The topological polar surface area (TPSA) is 81.2 Å². The van der Waals surface area contributed by atoms with Gasteiger partial charge in [-0.2, -0.15) is 0 Å². The van der Waals surface area contributed by atoms with Crippen molar-refractivity contribution >= 4 is 11.6 Å². The Labute approximate surface area is 122 Å². The summed E-state index contributed by atoms with van der Waals surface area (Å²) in [7, 11) is 1.72. The van der Waals surface area contributed by atoms with E-state index >= 15 is 0 Å². The van der Waals surface area contributed by atoms with E-state index in [2.05, 4.69) is 4.98 Å². The van der Waals surface area contributed by atoms with Gasteiger partial charge in [0.2, 0.25) is 5.91 Å². The Kier molecular flexibility index (Phi) is 4.71. The van der Waals surface area contributed by atoms with E-state index in [0.717, 1.165) is 12.0 Å². The molecule has 0 aliphatic rings. The summed E-state index contributed by atoms with van der Waals surface area (Å²) in [5.41, 5.74) is 6.96. The number of nitrogens with two attached hydrogens (primary N) is 1. The van der Waals surface area contributed by atoms with Gasteiger partial charge in [-0.1, -0.05) is 0 Å². The number of pyridine rings is 2. The third-order valence-corrected chi connectivity index (χ3v) is 3.22. The lowest BCUT2D eigenvalue weighted by Gasteiger charge is -2.18. The molecular formula is C15H18N4O2. The van der Waals surface area contributed by atoms with Crippen LogP contribution in [0.3, 0.4) is 0 Å². The fraction of sp³-hybridized carbons (Fsp3) is 0.267. The third kappa shape index (κ3) is 4.17. The predicted octanol–water partition coefficient (Wildman–Crippen LogP) is 0.527. The molecule has 1 amide bonds. The molecule has 0 radical (unpaired) electrons. The van der Waals surface area contributed by atoms with E-state index in [1.165, 1.54) is 22.9 Å². The van der Waals surface area contributed by atoms with Crippen molar-refractivity contribution < 1.29 is 4.79 Å². The first kappa shape index (κ1) is 14.8. The van der Waals surface area contributed by atoms with Crippen LogP contribution < -0.4 is 11.3 Å². The summed E-state index contributed by atoms with van der Waals surface area (Å²) < 4.78 is 1.32. The van der Waals surface area contributed by atoms with Crippen LogP contribution in [0.2, 0.25) is 0 Å². The van der Waals surface area contributed by atoms with Gasteiger partial charge in [-0.05, 0) is 30.2 Å². The number of hydrogen-bond acceptors (Lipinski definition) is 4. The molecule has 2 N–H and O–H groups in total. The first-order valence-corrected chi connectivity index (χ1v) is 6.65. The zero-order valence-electron chi connectivity index (χ0n) is 11.9. The number of carbonyl (C=O) groups is 1. The van der Waals surface area contributed by atoms with Crippen LogP contribution in [0.25, 0.3) is 0 Å². The monoisotopic (exact) mass is 286 g/mol. The average molecular weight is 286 g/mol. The lowest BCUT2D eigenvalue weighted by atomic mass is 10.2. The summed E-state index contributed by atoms with van der Waals surface area (Å²) >= 11 is 0. The number of rotatable bonds is 5. The second kappa shape index (κ2) is 6.69. The Morgan fingerprint density at radius 2 is 2.00 bits per heavy atom. The molecule has 0 aliphatic carbocycles. The minimum Gasteiger partial charge on any atom is -0.398 e. The van der Waals surface area contributed by atoms with Crippen molar-refractivity contribution in [2.24, 2.45) is 0 Å². The highest BCUT2D eigenvalue weighted by molar-refractivity contribution is 5.75. The summed E-state index contributed by atoms with van der Waals surface area (Å²) in [6.45, 7) is 0.580. The molecule has 0 atom stereocenters. The first-order valence-electron chi connectivity index (χ1n) is 6.65. The van der Waals surface area contributed by atoms with Gasteiger partial charge in [-0.15, -0.1) is 0 Å². The summed E-state index contributed by atoms with van der Waals surface area (Å²) in [4.78, 5) is 29.3. The number of nitrogen functional groups attached to an aromatic ring is 1. The molecule has 0 saturated heterocycles. The van der Waals surface area contributed by atoms with Crippen LogP contribution in [0.1, 0.15) is 5.56 Å². The Morgan fingerprint density at radius 3 is 2.71 bits per heavy atom. The molecule has 0 aliphatic heterocycles. The second-order valence-electron chi connectivity index (χ2n) is 4.85. The standard InChI is InChI=1S/C15H18N4O2/c1-18(9-6-12-4-7-17-8-5-12)15(21)11-19-10-13(16)2-3-14(19)20/h2-5,7-8,10H,6,9,11,16H2,1H3. The number of likely N-dealkylation sites (N-methyl/N-ethyl adjacent to an activating group) is 1. The van der Waals surface area contributed by atoms with E-state index in [1.807, 2.05) is 12.1 Å². The van der Waals surface area contributed by atoms with E-state index in [-0.39, 0.29) is 18.0 Å². The molecule has 0 spiro atoms. The highest BCUT2D eigenvalue weighted by Crippen LogP contribution is 2.01. The highest BCUT2D eigenvalue weighted by Gasteiger charge is 2.10. The maximum Gasteiger partial charge on any atom is 0.251 e. The summed E-state index contributed by atoms with van der Waals surface area (Å²) in [6, 6.07) is 6.72. The third-order valence-electron chi connectivity index (χ3n) is 3.22. The van der Waals surface area contributed by atoms with Crippen molar-refractivity contribution in [1.82, 2.24) is 14.5 Å². The van der Waals surface area contributed by atoms with Crippen LogP contribution in [-0.2, 0) is 17.8 Å². The summed E-state index contributed by atoms with van der Waals surface area (Å²) in [5, 5.41) is 0. The summed E-state index contributed by atoms with van der Waals surface area (Å²) in [6.07, 6.45) is 5.68. The van der Waals surface area contributed by atoms with Crippen molar-refractivity contribution in [2.45, 2.75) is 13.0 Å². The van der Waals surface area contributed by atoms with Crippen LogP contribution in [0, 0.1) is 0 Å². The van der Waals surface area contributed by atoms with Gasteiger partial charge in [0.05, 0.1) is 0 Å². The van der Waals surface area contributed by atoms with Gasteiger partial charge in [0.15, 0.2) is 0 Å². The van der Waals surface area contributed by atoms with Gasteiger partial charge in [-0.3, -0.25) is 14.6 Å². The lowest BCUT2D eigenvalue weighted by Crippen LogP contribution is -2.34. The molecule has 2 aromatic rings. The Morgan fingerprint density at radius 1 is 1.29 bits per heavy atom. The van der Waals surface area contributed by atoms with Gasteiger partial charge in [0, 0.05) is 43.9 Å². The van der Waals surface area contributed by atoms with Crippen molar-refractivity contribution in [1.29, 1.82) is 0 Å². The molecule has 0 unspecified atom stereocenters. The number of carbonyl (C=O) groups excluding carboxylic acids is 1. The SMILES string of the molecule is CN(CCc1ccncc1)C(=O)Cn1cc(N)ccc1=O. The van der Waals surface area contributed by atoms with Crippen molar-refractivity contribution in [3.8, 4) is 0 Å². The number of hydrogen-bond donors (Lipinski definition) is 1. The van der Waals surface area contributed by atoms with Crippen molar-refractivity contribution in [3.63, 3.8) is 0 Å². The molecule has 2 aromatic heterocycles. The largest absolute Gasteiger partial charge is 0.398 e. The predicted molar refractivity (Wildman–Crippen MR) is 80.7 cm³/mol. The molecule has 2 rings (SSSR count). The average Bonchev–Trinajstić information content (AvgIpc) is 2.49. The molecule has 6 nitrogen and oxygen atoms in total. The fourth-order valence-corrected chi connectivity index (χ4v) is 1.91. The fourth-order valence-electron chi connectivity index (χ4n) is 1.91. The Bertz CT molecular complexity index is 667. The Balaban J connectivity index is 1.93. The van der Waals surface area contributed by atoms with Gasteiger partial charge in [-0.25, -0.2) is 0 Å². The highest BCUT2D eigenvalue weighted by atomic mass is 16.2. The Hall–Kier alpha value is -2.63. The molecule has 6 heteroatoms. The molecule has 0 fully saturated rings. The van der Waals surface area contributed by atoms with Crippen LogP contribution in [0.5, 0.6) is 0 Å². The van der Waals surface area contributed by atoms with Gasteiger partial charge in [0.1, 0.15) is 6.54 Å². The molecule has 21 heavy (non-hydrogen) atoms. The number of nitrogens with zero attached hydrogens (tertiary/aromatic N) is 3. The smallest absolute Gasteiger partial charge is 0.251 e. The van der Waals surface area contributed by atoms with E-state index in [4.69, 9.17) is 5.73 Å². The molecule has 0 aromatic carbocycles. The van der Waals surface area contributed by atoms with Crippen LogP contribution in [0.4, 0.5) is 5.69 Å². The van der Waals surface area contributed by atoms with Gasteiger partial charge >= 0.3 is 0 Å². The van der Waals surface area contributed by atoms with E-state index in [9.17, 15) is 9.59 Å². The minimum absolute atomic E-state index is 0.00326. The van der Waals surface area contributed by atoms with Crippen LogP contribution in [-0.4, -0.2) is 34.0 Å². The van der Waals surface area contributed by atoms with Crippen molar-refractivity contribution in [3.05, 3.63) is 58.8 Å². The first-order chi connectivity index (χ1) is 10.1. The maximum absolute atomic E-state index is 12.1. The summed E-state index contributed by atoms with van der Waals surface area (Å²) in [5.74, 6) is -0.128. The van der Waals surface area contributed by atoms with Gasteiger partial charge < -0.3 is 15.2 Å². The maximum atomic E-state index is 12.1. The molecule has 0 saturated carbocycles. The van der Waals surface area contributed by atoms with Crippen LogP contribution in [0.15, 0.2) is 47.7 Å². The number of amides is 1. The quantitative estimate of drug-likeness (QED) is 0.869. The second-order valence-corrected chi connectivity index (χ2v) is 4.85. The molecule has 0 bridgehead atoms. The van der Waals surface area contributed by atoms with E-state index < -0.39 is 0 Å². The van der Waals surface area contributed by atoms with Gasteiger partial charge in [0.25, 0.3) is 5.56 Å². The molecule has 110 valence electrons. The number of aromatic nitrogens is 2. The normalized spacial score (nSPS) is 10.3. The van der Waals surface area contributed by atoms with E-state index in [0.29, 0.717) is 12.2 Å². The number of anilines is 1.